The lowest BCUT2D eigenvalue weighted by Gasteiger charge is -2.11. The van der Waals surface area contributed by atoms with Crippen LogP contribution in [-0.4, -0.2) is 33.5 Å². The van der Waals surface area contributed by atoms with E-state index in [1.165, 1.54) is 18.9 Å². The molecule has 0 aliphatic carbocycles. The van der Waals surface area contributed by atoms with Gasteiger partial charge in [0.1, 0.15) is 5.69 Å². The number of carbonyl (C=O) groups excluding carboxylic acids is 1. The highest BCUT2D eigenvalue weighted by Crippen LogP contribution is 2.35. The average molecular weight is 301 g/mol. The molecular formula is C12H19N3O4S. The summed E-state index contributed by atoms with van der Waals surface area (Å²) < 4.78 is 6.28. The number of carbonyl (C=O) groups is 1. The van der Waals surface area contributed by atoms with E-state index in [0.29, 0.717) is 16.5 Å². The van der Waals surface area contributed by atoms with Crippen molar-refractivity contribution < 1.29 is 14.5 Å². The van der Waals surface area contributed by atoms with E-state index >= 15 is 0 Å². The molecule has 0 saturated heterocycles. The topological polar surface area (TPSA) is 87.3 Å². The number of aryl methyl sites for hydroxylation is 1. The highest BCUT2D eigenvalue weighted by Gasteiger charge is 2.28. The minimum Gasteiger partial charge on any atom is -0.469 e. The highest BCUT2D eigenvalue weighted by molar-refractivity contribution is 7.99. The van der Waals surface area contributed by atoms with Crippen LogP contribution in [0.3, 0.4) is 0 Å². The Morgan fingerprint density at radius 3 is 2.55 bits per heavy atom. The third kappa shape index (κ3) is 3.50. The largest absolute Gasteiger partial charge is 0.469 e. The number of aromatic nitrogens is 2. The van der Waals surface area contributed by atoms with E-state index in [4.69, 9.17) is 0 Å². The van der Waals surface area contributed by atoms with Gasteiger partial charge < -0.3 is 4.74 Å². The molecule has 0 amide bonds. The Labute approximate surface area is 121 Å². The fourth-order valence-corrected chi connectivity index (χ4v) is 2.97. The standard InChI is InChI=1S/C12H19N3O4S/c1-7(2)14-11(10(15(17)18)9(4)13-14)20-6-8(3)12(16)19-5/h7-8H,6H2,1-5H3. The van der Waals surface area contributed by atoms with Crippen LogP contribution in [0.2, 0.25) is 0 Å². The maximum absolute atomic E-state index is 11.4. The predicted molar refractivity (Wildman–Crippen MR) is 75.9 cm³/mol. The van der Waals surface area contributed by atoms with E-state index in [-0.39, 0.29) is 23.6 Å². The van der Waals surface area contributed by atoms with Gasteiger partial charge in [0.05, 0.1) is 18.0 Å². The molecule has 8 heteroatoms. The van der Waals surface area contributed by atoms with Gasteiger partial charge in [-0.15, -0.1) is 0 Å². The molecule has 1 unspecified atom stereocenters. The summed E-state index contributed by atoms with van der Waals surface area (Å²) in [5.41, 5.74) is 0.401. The second kappa shape index (κ2) is 6.74. The molecule has 0 radical (unpaired) electrons. The van der Waals surface area contributed by atoms with Crippen molar-refractivity contribution in [1.82, 2.24) is 9.78 Å². The molecule has 1 atom stereocenters. The molecule has 0 bridgehead atoms. The number of hydrogen-bond donors (Lipinski definition) is 0. The fourth-order valence-electron chi connectivity index (χ4n) is 1.69. The maximum atomic E-state index is 11.4. The van der Waals surface area contributed by atoms with Gasteiger partial charge in [0.2, 0.25) is 0 Å². The molecular weight excluding hydrogens is 282 g/mol. The first-order chi connectivity index (χ1) is 9.29. The van der Waals surface area contributed by atoms with Crippen molar-refractivity contribution in [2.24, 2.45) is 5.92 Å². The van der Waals surface area contributed by atoms with Crippen LogP contribution in [0.25, 0.3) is 0 Å². The van der Waals surface area contributed by atoms with Gasteiger partial charge in [-0.1, -0.05) is 18.7 Å². The van der Waals surface area contributed by atoms with Crippen LogP contribution in [0, 0.1) is 23.0 Å². The molecule has 0 aliphatic rings. The van der Waals surface area contributed by atoms with Crippen LogP contribution in [0.4, 0.5) is 5.69 Å². The Morgan fingerprint density at radius 2 is 2.10 bits per heavy atom. The van der Waals surface area contributed by atoms with Gasteiger partial charge in [-0.05, 0) is 20.8 Å². The van der Waals surface area contributed by atoms with Crippen LogP contribution in [0.5, 0.6) is 0 Å². The Kier molecular flexibility index (Phi) is 5.55. The molecule has 1 aromatic rings. The summed E-state index contributed by atoms with van der Waals surface area (Å²) in [6.07, 6.45) is 0. The fraction of sp³-hybridized carbons (Fsp3) is 0.667. The Balaban J connectivity index is 3.03. The van der Waals surface area contributed by atoms with Gasteiger partial charge in [0.25, 0.3) is 0 Å². The summed E-state index contributed by atoms with van der Waals surface area (Å²) in [6.45, 7) is 7.16. The quantitative estimate of drug-likeness (QED) is 0.347. The van der Waals surface area contributed by atoms with E-state index in [1.54, 1.807) is 18.5 Å². The number of hydrogen-bond acceptors (Lipinski definition) is 6. The average Bonchev–Trinajstić information content (AvgIpc) is 2.71. The Bertz CT molecular complexity index is 513. The first kappa shape index (κ1) is 16.5. The molecule has 1 rings (SSSR count). The molecule has 0 fully saturated rings. The van der Waals surface area contributed by atoms with Gasteiger partial charge in [-0.2, -0.15) is 5.10 Å². The zero-order chi connectivity index (χ0) is 15.4. The molecule has 0 saturated carbocycles. The Hall–Kier alpha value is -1.57. The van der Waals surface area contributed by atoms with Crippen LogP contribution in [-0.2, 0) is 9.53 Å². The van der Waals surface area contributed by atoms with Crippen LogP contribution < -0.4 is 0 Å². The van der Waals surface area contributed by atoms with Crippen LogP contribution >= 0.6 is 11.8 Å². The van der Waals surface area contributed by atoms with Gasteiger partial charge in [0, 0.05) is 11.8 Å². The van der Waals surface area contributed by atoms with E-state index in [1.807, 2.05) is 13.8 Å². The second-order valence-corrected chi connectivity index (χ2v) is 5.78. The van der Waals surface area contributed by atoms with Crippen molar-refractivity contribution >= 4 is 23.4 Å². The first-order valence-electron chi connectivity index (χ1n) is 6.23. The van der Waals surface area contributed by atoms with Gasteiger partial charge in [-0.3, -0.25) is 14.9 Å². The summed E-state index contributed by atoms with van der Waals surface area (Å²) in [4.78, 5) is 22.1. The monoisotopic (exact) mass is 301 g/mol. The highest BCUT2D eigenvalue weighted by atomic mass is 32.2. The summed E-state index contributed by atoms with van der Waals surface area (Å²) in [5.74, 6) is -0.251. The van der Waals surface area contributed by atoms with Gasteiger partial charge >= 0.3 is 11.7 Å². The van der Waals surface area contributed by atoms with Crippen molar-refractivity contribution in [3.63, 3.8) is 0 Å². The molecule has 0 aliphatic heterocycles. The maximum Gasteiger partial charge on any atom is 0.323 e. The summed E-state index contributed by atoms with van der Waals surface area (Å²) in [7, 11) is 1.33. The smallest absolute Gasteiger partial charge is 0.323 e. The SMILES string of the molecule is COC(=O)C(C)CSc1c([N+](=O)[O-])c(C)nn1C(C)C. The Morgan fingerprint density at radius 1 is 1.50 bits per heavy atom. The van der Waals surface area contributed by atoms with Gasteiger partial charge in [0.15, 0.2) is 5.03 Å². The number of esters is 1. The summed E-state index contributed by atoms with van der Waals surface area (Å²) >= 11 is 1.26. The number of nitro groups is 1. The molecule has 0 spiro atoms. The van der Waals surface area contributed by atoms with E-state index in [0.717, 1.165) is 0 Å². The lowest BCUT2D eigenvalue weighted by atomic mass is 10.2. The third-order valence-electron chi connectivity index (χ3n) is 2.76. The lowest BCUT2D eigenvalue weighted by Crippen LogP contribution is -2.15. The zero-order valence-electron chi connectivity index (χ0n) is 12.2. The van der Waals surface area contributed by atoms with Crippen LogP contribution in [0.1, 0.15) is 32.5 Å². The normalized spacial score (nSPS) is 12.5. The summed E-state index contributed by atoms with van der Waals surface area (Å²) in [6, 6.07) is 0.0123. The minimum atomic E-state index is -0.424. The molecule has 112 valence electrons. The lowest BCUT2D eigenvalue weighted by molar-refractivity contribution is -0.388. The van der Waals surface area contributed by atoms with Gasteiger partial charge in [-0.25, -0.2) is 4.68 Å². The van der Waals surface area contributed by atoms with Crippen molar-refractivity contribution in [2.45, 2.75) is 38.8 Å². The van der Waals surface area contributed by atoms with Crippen molar-refractivity contribution in [3.8, 4) is 0 Å². The number of ether oxygens (including phenoxy) is 1. The number of nitrogens with zero attached hydrogens (tertiary/aromatic N) is 3. The zero-order valence-corrected chi connectivity index (χ0v) is 13.1. The second-order valence-electron chi connectivity index (χ2n) is 4.77. The summed E-state index contributed by atoms with van der Waals surface area (Å²) in [5, 5.41) is 15.9. The predicted octanol–water partition coefficient (Wildman–Crippen LogP) is 2.58. The minimum absolute atomic E-state index is 0.0123. The van der Waals surface area contributed by atoms with E-state index < -0.39 is 4.92 Å². The van der Waals surface area contributed by atoms with E-state index in [2.05, 4.69) is 9.84 Å². The number of methoxy groups -OCH3 is 1. The number of rotatable bonds is 6. The molecule has 7 nitrogen and oxygen atoms in total. The molecule has 1 heterocycles. The number of thioether (sulfide) groups is 1. The van der Waals surface area contributed by atoms with Crippen molar-refractivity contribution in [3.05, 3.63) is 15.8 Å². The molecule has 20 heavy (non-hydrogen) atoms. The molecule has 0 aromatic carbocycles. The third-order valence-corrected chi connectivity index (χ3v) is 4.08. The van der Waals surface area contributed by atoms with Crippen LogP contribution in [0.15, 0.2) is 5.03 Å². The van der Waals surface area contributed by atoms with Crippen molar-refractivity contribution in [1.29, 1.82) is 0 Å². The van der Waals surface area contributed by atoms with Crippen molar-refractivity contribution in [2.75, 3.05) is 12.9 Å². The molecule has 0 N–H and O–H groups in total. The first-order valence-corrected chi connectivity index (χ1v) is 7.22. The van der Waals surface area contributed by atoms with E-state index in [9.17, 15) is 14.9 Å². The molecule has 1 aromatic heterocycles.